The number of pyridine rings is 1. The van der Waals surface area contributed by atoms with Crippen molar-refractivity contribution in [3.63, 3.8) is 0 Å². The minimum Gasteiger partial charge on any atom is -0.496 e. The van der Waals surface area contributed by atoms with Crippen LogP contribution in [0.25, 0.3) is 16.8 Å². The summed E-state index contributed by atoms with van der Waals surface area (Å²) in [6, 6.07) is 15.6. The molecule has 2 aromatic carbocycles. The van der Waals surface area contributed by atoms with Crippen molar-refractivity contribution in [3.05, 3.63) is 81.4 Å². The lowest BCUT2D eigenvalue weighted by molar-refractivity contribution is 0.292. The molecule has 2 aromatic heterocycles. The second-order valence-electron chi connectivity index (χ2n) is 7.64. The van der Waals surface area contributed by atoms with Crippen molar-refractivity contribution in [1.29, 1.82) is 0 Å². The van der Waals surface area contributed by atoms with E-state index in [9.17, 15) is 4.79 Å². The molecule has 164 valence electrons. The van der Waals surface area contributed by atoms with Crippen molar-refractivity contribution in [3.8, 4) is 28.4 Å². The van der Waals surface area contributed by atoms with Gasteiger partial charge >= 0.3 is 5.69 Å². The summed E-state index contributed by atoms with van der Waals surface area (Å²) in [5.41, 5.74) is 6.08. The molecule has 4 aromatic rings. The highest BCUT2D eigenvalue weighted by Gasteiger charge is 2.15. The van der Waals surface area contributed by atoms with Crippen LogP contribution in [0.4, 0.5) is 0 Å². The van der Waals surface area contributed by atoms with E-state index in [4.69, 9.17) is 9.47 Å². The molecule has 0 bridgehead atoms. The first kappa shape index (κ1) is 21.3. The van der Waals surface area contributed by atoms with Crippen LogP contribution in [0.15, 0.2) is 53.3 Å². The molecule has 0 unspecified atom stereocenters. The zero-order chi connectivity index (χ0) is 22.8. The van der Waals surface area contributed by atoms with Crippen LogP contribution in [0.1, 0.15) is 22.4 Å². The van der Waals surface area contributed by atoms with Gasteiger partial charge < -0.3 is 9.47 Å². The third kappa shape index (κ3) is 3.99. The number of tetrazole rings is 1. The summed E-state index contributed by atoms with van der Waals surface area (Å²) < 4.78 is 14.0. The highest BCUT2D eigenvalue weighted by Crippen LogP contribution is 2.33. The lowest BCUT2D eigenvalue weighted by atomic mass is 10.0. The van der Waals surface area contributed by atoms with Gasteiger partial charge in [-0.15, -0.1) is 0 Å². The van der Waals surface area contributed by atoms with E-state index < -0.39 is 0 Å². The average Bonchev–Trinajstić information content (AvgIpc) is 3.11. The summed E-state index contributed by atoms with van der Waals surface area (Å²) in [7, 11) is 3.23. The molecule has 0 radical (unpaired) electrons. The Hall–Kier alpha value is -3.94. The normalized spacial score (nSPS) is 10.9. The van der Waals surface area contributed by atoms with E-state index in [1.165, 1.54) is 9.36 Å². The maximum Gasteiger partial charge on any atom is 0.368 e. The summed E-state index contributed by atoms with van der Waals surface area (Å²) in [6.45, 7) is 6.18. The third-order valence-corrected chi connectivity index (χ3v) is 5.41. The summed E-state index contributed by atoms with van der Waals surface area (Å²) in [4.78, 5) is 17.0. The Morgan fingerprint density at radius 1 is 0.969 bits per heavy atom. The largest absolute Gasteiger partial charge is 0.496 e. The molecule has 8 heteroatoms. The van der Waals surface area contributed by atoms with Gasteiger partial charge in [0.25, 0.3) is 0 Å². The molecule has 32 heavy (non-hydrogen) atoms. The minimum absolute atomic E-state index is 0.241. The second kappa shape index (κ2) is 8.66. The van der Waals surface area contributed by atoms with E-state index in [0.29, 0.717) is 11.6 Å². The van der Waals surface area contributed by atoms with E-state index in [0.717, 1.165) is 39.3 Å². The highest BCUT2D eigenvalue weighted by atomic mass is 16.5. The lowest BCUT2D eigenvalue weighted by Gasteiger charge is -2.14. The summed E-state index contributed by atoms with van der Waals surface area (Å²) >= 11 is 0. The average molecular weight is 431 g/mol. The number of rotatable bonds is 6. The second-order valence-corrected chi connectivity index (χ2v) is 7.64. The van der Waals surface area contributed by atoms with E-state index in [1.807, 2.05) is 63.2 Å². The quantitative estimate of drug-likeness (QED) is 0.464. The first-order valence-corrected chi connectivity index (χ1v) is 10.2. The molecule has 0 atom stereocenters. The Kier molecular flexibility index (Phi) is 5.77. The summed E-state index contributed by atoms with van der Waals surface area (Å²) in [5, 5.41) is 7.76. The molecule has 0 fully saturated rings. The number of methoxy groups -OCH3 is 1. The van der Waals surface area contributed by atoms with Crippen molar-refractivity contribution in [1.82, 2.24) is 24.8 Å². The van der Waals surface area contributed by atoms with E-state index in [2.05, 4.69) is 21.5 Å². The van der Waals surface area contributed by atoms with Gasteiger partial charge in [0.2, 0.25) is 5.88 Å². The lowest BCUT2D eigenvalue weighted by Crippen LogP contribution is -2.23. The van der Waals surface area contributed by atoms with Crippen LogP contribution in [-0.4, -0.2) is 31.9 Å². The molecule has 8 nitrogen and oxygen atoms in total. The molecule has 0 aliphatic rings. The molecule has 0 aliphatic heterocycles. The van der Waals surface area contributed by atoms with Gasteiger partial charge in [0.1, 0.15) is 12.4 Å². The van der Waals surface area contributed by atoms with Gasteiger partial charge in [-0.3, -0.25) is 0 Å². The van der Waals surface area contributed by atoms with Crippen molar-refractivity contribution in [2.45, 2.75) is 27.4 Å². The van der Waals surface area contributed by atoms with E-state index >= 15 is 0 Å². The van der Waals surface area contributed by atoms with E-state index in [1.54, 1.807) is 14.2 Å². The monoisotopic (exact) mass is 431 g/mol. The summed E-state index contributed by atoms with van der Waals surface area (Å²) in [6.07, 6.45) is 0. The van der Waals surface area contributed by atoms with E-state index in [-0.39, 0.29) is 12.3 Å². The van der Waals surface area contributed by atoms with Crippen LogP contribution in [0.3, 0.4) is 0 Å². The number of benzene rings is 2. The predicted octanol–water partition coefficient (Wildman–Crippen LogP) is 3.54. The standard InChI is InChI=1S/C24H25N5O3/c1-15-9-10-19(22(13-15)31-5)18-11-12-23(25-17(18)3)32-14-20-16(2)7-6-8-21(20)29-24(30)28(4)26-27-29/h6-13H,14H2,1-5H3. The van der Waals surface area contributed by atoms with Gasteiger partial charge in [-0.1, -0.05) is 24.3 Å². The summed E-state index contributed by atoms with van der Waals surface area (Å²) in [5.74, 6) is 1.31. The van der Waals surface area contributed by atoms with Gasteiger partial charge in [-0.25, -0.2) is 9.78 Å². The maximum absolute atomic E-state index is 12.3. The SMILES string of the molecule is COc1cc(C)ccc1-c1ccc(OCc2c(C)cccc2-n2nnn(C)c2=O)nc1C. The Morgan fingerprint density at radius 2 is 1.75 bits per heavy atom. The topological polar surface area (TPSA) is 84.1 Å². The van der Waals surface area contributed by atoms with Crippen LogP contribution >= 0.6 is 0 Å². The van der Waals surface area contributed by atoms with Crippen molar-refractivity contribution < 1.29 is 9.47 Å². The highest BCUT2D eigenvalue weighted by molar-refractivity contribution is 5.73. The number of ether oxygens (including phenoxy) is 2. The molecular formula is C24H25N5O3. The van der Waals surface area contributed by atoms with Crippen LogP contribution in [-0.2, 0) is 13.7 Å². The predicted molar refractivity (Wildman–Crippen MR) is 121 cm³/mol. The van der Waals surface area contributed by atoms with Gasteiger partial charge in [0.05, 0.1) is 12.8 Å². The number of aromatic nitrogens is 5. The fraction of sp³-hybridized carbons (Fsp3) is 0.250. The van der Waals surface area contributed by atoms with Gasteiger partial charge in [0, 0.05) is 35.5 Å². The number of hydrogen-bond donors (Lipinski definition) is 0. The molecule has 0 spiro atoms. The third-order valence-electron chi connectivity index (χ3n) is 5.41. The number of nitrogens with zero attached hydrogens (tertiary/aromatic N) is 5. The number of hydrogen-bond acceptors (Lipinski definition) is 6. The van der Waals surface area contributed by atoms with Crippen LogP contribution in [0, 0.1) is 20.8 Å². The fourth-order valence-corrected chi connectivity index (χ4v) is 3.61. The maximum atomic E-state index is 12.3. The van der Waals surface area contributed by atoms with Crippen LogP contribution < -0.4 is 15.2 Å². The van der Waals surface area contributed by atoms with Crippen LogP contribution in [0.5, 0.6) is 11.6 Å². The molecular weight excluding hydrogens is 406 g/mol. The Morgan fingerprint density at radius 3 is 2.44 bits per heavy atom. The molecule has 0 saturated heterocycles. The molecule has 4 rings (SSSR count). The fourth-order valence-electron chi connectivity index (χ4n) is 3.61. The molecule has 0 N–H and O–H groups in total. The van der Waals surface area contributed by atoms with Crippen LogP contribution in [0.2, 0.25) is 0 Å². The molecule has 2 heterocycles. The Labute approximate surface area is 186 Å². The zero-order valence-electron chi connectivity index (χ0n) is 18.8. The van der Waals surface area contributed by atoms with Gasteiger partial charge in [0.15, 0.2) is 0 Å². The Bertz CT molecular complexity index is 1340. The minimum atomic E-state index is -0.317. The first-order chi connectivity index (χ1) is 15.4. The molecule has 0 amide bonds. The van der Waals surface area contributed by atoms with Crippen molar-refractivity contribution in [2.75, 3.05) is 7.11 Å². The smallest absolute Gasteiger partial charge is 0.368 e. The zero-order valence-corrected chi connectivity index (χ0v) is 18.8. The van der Waals surface area contributed by atoms with Gasteiger partial charge in [-0.05, 0) is 60.5 Å². The Balaban J connectivity index is 1.62. The first-order valence-electron chi connectivity index (χ1n) is 10.2. The van der Waals surface area contributed by atoms with Crippen molar-refractivity contribution >= 4 is 0 Å². The number of aryl methyl sites for hydroxylation is 4. The molecule has 0 saturated carbocycles. The van der Waals surface area contributed by atoms with Gasteiger partial charge in [-0.2, -0.15) is 9.36 Å². The molecule has 0 aliphatic carbocycles. The van der Waals surface area contributed by atoms with Crippen molar-refractivity contribution in [2.24, 2.45) is 7.05 Å².